The molecular weight excluding hydrogens is 290 g/mol. The van der Waals surface area contributed by atoms with Gasteiger partial charge in [-0.15, -0.1) is 0 Å². The van der Waals surface area contributed by atoms with Gasteiger partial charge in [0.2, 0.25) is 0 Å². The molecule has 5 nitrogen and oxygen atoms in total. The summed E-state index contributed by atoms with van der Waals surface area (Å²) in [5, 5.41) is 15.8. The molecule has 0 aliphatic heterocycles. The van der Waals surface area contributed by atoms with Gasteiger partial charge in [-0.2, -0.15) is 0 Å². The molecule has 1 aromatic heterocycles. The van der Waals surface area contributed by atoms with Gasteiger partial charge in [0.05, 0.1) is 0 Å². The number of carbonyl (C=O) groups is 1. The van der Waals surface area contributed by atoms with Crippen LogP contribution >= 0.6 is 11.6 Å². The van der Waals surface area contributed by atoms with Gasteiger partial charge >= 0.3 is 6.03 Å². The van der Waals surface area contributed by atoms with Crippen LogP contribution in [0.25, 0.3) is 0 Å². The zero-order chi connectivity index (χ0) is 14.8. The quantitative estimate of drug-likeness (QED) is 0.744. The van der Waals surface area contributed by atoms with Gasteiger partial charge in [0, 0.05) is 31.3 Å². The fraction of sp³-hybridized carbons (Fsp3) is 0.600. The molecule has 2 aliphatic rings. The van der Waals surface area contributed by atoms with Gasteiger partial charge in [-0.05, 0) is 42.7 Å². The standard InChI is InChI=1S/C15H20ClN3O2/c16-13-4-1-9(6-17-13)7-18-15(21)19-14-11-3-2-10(5-11)12(14)8-20/h1,4,6,10-12,14,20H,2-3,5,7-8H2,(H2,18,19,21). The minimum absolute atomic E-state index is 0.108. The molecule has 0 saturated heterocycles. The van der Waals surface area contributed by atoms with Crippen molar-refractivity contribution < 1.29 is 9.90 Å². The van der Waals surface area contributed by atoms with Crippen LogP contribution in [0.2, 0.25) is 5.15 Å². The molecule has 3 N–H and O–H groups in total. The lowest BCUT2D eigenvalue weighted by Gasteiger charge is -2.30. The number of hydrogen-bond acceptors (Lipinski definition) is 3. The highest BCUT2D eigenvalue weighted by atomic mass is 35.5. The summed E-state index contributed by atoms with van der Waals surface area (Å²) in [7, 11) is 0. The van der Waals surface area contributed by atoms with Crippen molar-refractivity contribution in [2.75, 3.05) is 6.61 Å². The molecular formula is C15H20ClN3O2. The zero-order valence-corrected chi connectivity index (χ0v) is 12.5. The normalized spacial score (nSPS) is 30.4. The molecule has 3 rings (SSSR count). The third kappa shape index (κ3) is 3.14. The summed E-state index contributed by atoms with van der Waals surface area (Å²) in [5.41, 5.74) is 0.904. The van der Waals surface area contributed by atoms with E-state index in [0.717, 1.165) is 18.4 Å². The maximum atomic E-state index is 12.0. The molecule has 2 amide bonds. The summed E-state index contributed by atoms with van der Waals surface area (Å²) < 4.78 is 0. The first kappa shape index (κ1) is 14.6. The first-order valence-electron chi connectivity index (χ1n) is 7.43. The van der Waals surface area contributed by atoms with Crippen molar-refractivity contribution in [3.63, 3.8) is 0 Å². The van der Waals surface area contributed by atoms with E-state index in [1.807, 2.05) is 6.07 Å². The Morgan fingerprint density at radius 1 is 1.38 bits per heavy atom. The van der Waals surface area contributed by atoms with E-state index in [1.165, 1.54) is 6.42 Å². The number of rotatable bonds is 4. The molecule has 0 spiro atoms. The van der Waals surface area contributed by atoms with Gasteiger partial charge in [-0.1, -0.05) is 17.7 Å². The minimum Gasteiger partial charge on any atom is -0.396 e. The molecule has 2 saturated carbocycles. The summed E-state index contributed by atoms with van der Waals surface area (Å²) in [6.45, 7) is 0.577. The van der Waals surface area contributed by atoms with E-state index in [0.29, 0.717) is 23.5 Å². The lowest BCUT2D eigenvalue weighted by Crippen LogP contribution is -2.48. The van der Waals surface area contributed by atoms with Crippen LogP contribution in [0.4, 0.5) is 4.79 Å². The van der Waals surface area contributed by atoms with Gasteiger partial charge in [0.25, 0.3) is 0 Å². The number of hydrogen-bond donors (Lipinski definition) is 3. The van der Waals surface area contributed by atoms with Crippen LogP contribution < -0.4 is 10.6 Å². The van der Waals surface area contributed by atoms with Crippen LogP contribution in [0.3, 0.4) is 0 Å². The van der Waals surface area contributed by atoms with E-state index in [1.54, 1.807) is 12.3 Å². The highest BCUT2D eigenvalue weighted by Crippen LogP contribution is 2.48. The molecule has 1 heterocycles. The molecule has 1 aromatic rings. The van der Waals surface area contributed by atoms with Gasteiger partial charge in [0.1, 0.15) is 5.15 Å². The van der Waals surface area contributed by atoms with Crippen molar-refractivity contribution in [3.05, 3.63) is 29.0 Å². The topological polar surface area (TPSA) is 74.2 Å². The smallest absolute Gasteiger partial charge is 0.315 e. The lowest BCUT2D eigenvalue weighted by molar-refractivity contribution is 0.144. The molecule has 0 radical (unpaired) electrons. The molecule has 0 aromatic carbocycles. The number of aliphatic hydroxyl groups is 1. The van der Waals surface area contributed by atoms with Gasteiger partial charge in [-0.3, -0.25) is 0 Å². The largest absolute Gasteiger partial charge is 0.396 e. The summed E-state index contributed by atoms with van der Waals surface area (Å²) >= 11 is 5.72. The summed E-state index contributed by atoms with van der Waals surface area (Å²) in [6, 6.07) is 3.47. The van der Waals surface area contributed by atoms with Crippen molar-refractivity contribution in [3.8, 4) is 0 Å². The Hall–Kier alpha value is -1.33. The van der Waals surface area contributed by atoms with Crippen LogP contribution in [-0.4, -0.2) is 28.8 Å². The number of aromatic nitrogens is 1. The maximum absolute atomic E-state index is 12.0. The van der Waals surface area contributed by atoms with Crippen LogP contribution in [-0.2, 0) is 6.54 Å². The second-order valence-electron chi connectivity index (χ2n) is 6.02. The first-order chi connectivity index (χ1) is 10.2. The zero-order valence-electron chi connectivity index (χ0n) is 11.8. The van der Waals surface area contributed by atoms with Gasteiger partial charge in [0.15, 0.2) is 0 Å². The van der Waals surface area contributed by atoms with E-state index in [2.05, 4.69) is 15.6 Å². The number of halogens is 1. The fourth-order valence-corrected chi connectivity index (χ4v) is 3.91. The van der Waals surface area contributed by atoms with E-state index >= 15 is 0 Å². The van der Waals surface area contributed by atoms with Crippen LogP contribution in [0.15, 0.2) is 18.3 Å². The number of nitrogens with one attached hydrogen (secondary N) is 2. The number of amides is 2. The molecule has 2 bridgehead atoms. The third-order valence-electron chi connectivity index (χ3n) is 4.84. The Morgan fingerprint density at radius 2 is 2.19 bits per heavy atom. The second kappa shape index (κ2) is 6.20. The lowest BCUT2D eigenvalue weighted by atomic mass is 9.85. The number of pyridine rings is 1. The van der Waals surface area contributed by atoms with Crippen molar-refractivity contribution in [1.29, 1.82) is 0 Å². The maximum Gasteiger partial charge on any atom is 0.315 e. The fourth-order valence-electron chi connectivity index (χ4n) is 3.79. The molecule has 6 heteroatoms. The molecule has 2 fully saturated rings. The number of carbonyl (C=O) groups excluding carboxylic acids is 1. The Kier molecular flexibility index (Phi) is 4.31. The van der Waals surface area contributed by atoms with Gasteiger partial charge in [-0.25, -0.2) is 9.78 Å². The average Bonchev–Trinajstić information content (AvgIpc) is 3.07. The van der Waals surface area contributed by atoms with E-state index in [9.17, 15) is 9.90 Å². The number of fused-ring (bicyclic) bond motifs is 2. The first-order valence-corrected chi connectivity index (χ1v) is 7.81. The van der Waals surface area contributed by atoms with E-state index in [-0.39, 0.29) is 24.6 Å². The summed E-state index contributed by atoms with van der Waals surface area (Å²) in [4.78, 5) is 16.0. The summed E-state index contributed by atoms with van der Waals surface area (Å²) in [6.07, 6.45) is 5.13. The van der Waals surface area contributed by atoms with Crippen LogP contribution in [0, 0.1) is 17.8 Å². The number of aliphatic hydroxyl groups excluding tert-OH is 1. The molecule has 21 heavy (non-hydrogen) atoms. The van der Waals surface area contributed by atoms with E-state index in [4.69, 9.17) is 11.6 Å². The Labute approximate surface area is 129 Å². The van der Waals surface area contributed by atoms with Crippen molar-refractivity contribution in [1.82, 2.24) is 15.6 Å². The number of urea groups is 1. The molecule has 2 aliphatic carbocycles. The minimum atomic E-state index is -0.180. The van der Waals surface area contributed by atoms with E-state index < -0.39 is 0 Å². The predicted molar refractivity (Wildman–Crippen MR) is 79.8 cm³/mol. The number of nitrogens with zero attached hydrogens (tertiary/aromatic N) is 1. The SMILES string of the molecule is O=C(NCc1ccc(Cl)nc1)NC1C2CCC(C2)C1CO. The van der Waals surface area contributed by atoms with Crippen LogP contribution in [0.5, 0.6) is 0 Å². The second-order valence-corrected chi connectivity index (χ2v) is 6.41. The highest BCUT2D eigenvalue weighted by Gasteiger charge is 2.47. The van der Waals surface area contributed by atoms with Crippen LogP contribution in [0.1, 0.15) is 24.8 Å². The highest BCUT2D eigenvalue weighted by molar-refractivity contribution is 6.29. The predicted octanol–water partition coefficient (Wildman–Crippen LogP) is 1.94. The average molecular weight is 310 g/mol. The van der Waals surface area contributed by atoms with Crippen molar-refractivity contribution >= 4 is 17.6 Å². The Balaban J connectivity index is 1.51. The third-order valence-corrected chi connectivity index (χ3v) is 5.06. The molecule has 4 unspecified atom stereocenters. The summed E-state index contributed by atoms with van der Waals surface area (Å²) in [5.74, 6) is 1.31. The van der Waals surface area contributed by atoms with Gasteiger partial charge < -0.3 is 15.7 Å². The monoisotopic (exact) mass is 309 g/mol. The van der Waals surface area contributed by atoms with Crippen molar-refractivity contribution in [2.45, 2.75) is 31.8 Å². The molecule has 114 valence electrons. The Morgan fingerprint density at radius 3 is 2.90 bits per heavy atom. The Bertz CT molecular complexity index is 508. The van der Waals surface area contributed by atoms with Crippen molar-refractivity contribution in [2.24, 2.45) is 17.8 Å². The molecule has 4 atom stereocenters.